The van der Waals surface area contributed by atoms with Crippen LogP contribution in [-0.4, -0.2) is 29.6 Å². The van der Waals surface area contributed by atoms with Gasteiger partial charge in [-0.1, -0.05) is 19.4 Å². The lowest BCUT2D eigenvalue weighted by atomic mass is 10.1. The number of unbranched alkanes of at least 4 members (excludes halogenated alkanes) is 1. The number of hydrogen-bond acceptors (Lipinski definition) is 2. The molecule has 0 saturated heterocycles. The number of hydrogen-bond donors (Lipinski definition) is 1. The molecule has 0 aromatic heterocycles. The van der Waals surface area contributed by atoms with E-state index in [4.69, 9.17) is 5.11 Å². The Kier molecular flexibility index (Phi) is 5.10. The molecule has 3 nitrogen and oxygen atoms in total. The summed E-state index contributed by atoms with van der Waals surface area (Å²) in [6.45, 7) is 3.71. The fourth-order valence-corrected chi connectivity index (χ4v) is 1.65. The minimum Gasteiger partial charge on any atom is -0.478 e. The normalized spacial score (nSPS) is 10.8. The van der Waals surface area contributed by atoms with Crippen LogP contribution in [0, 0.1) is 5.82 Å². The molecule has 0 fully saturated rings. The number of carboxylic acids is 1. The average molecular weight is 239 g/mol. The third-order valence-electron chi connectivity index (χ3n) is 2.61. The predicted molar refractivity (Wildman–Crippen MR) is 64.6 cm³/mol. The quantitative estimate of drug-likeness (QED) is 0.829. The Balaban J connectivity index is 2.72. The highest BCUT2D eigenvalue weighted by Crippen LogP contribution is 2.12. The van der Waals surface area contributed by atoms with Crippen molar-refractivity contribution in [1.82, 2.24) is 4.90 Å². The van der Waals surface area contributed by atoms with E-state index in [9.17, 15) is 9.18 Å². The molecular formula is C13H18FNO2. The average Bonchev–Trinajstić information content (AvgIpc) is 2.28. The number of carboxylic acid groups (broad SMARTS) is 1. The minimum atomic E-state index is -1.22. The Labute approximate surface area is 101 Å². The molecule has 0 radical (unpaired) electrons. The lowest BCUT2D eigenvalue weighted by molar-refractivity contribution is 0.0691. The largest absolute Gasteiger partial charge is 0.478 e. The van der Waals surface area contributed by atoms with Crippen LogP contribution in [-0.2, 0) is 6.54 Å². The molecule has 0 unspecified atom stereocenters. The van der Waals surface area contributed by atoms with Crippen LogP contribution in [0.4, 0.5) is 4.39 Å². The standard InChI is InChI=1S/C13H18FNO2/c1-3-4-7-15(2)9-10-5-6-12(14)11(8-10)13(16)17/h5-6,8H,3-4,7,9H2,1-2H3,(H,16,17). The maximum Gasteiger partial charge on any atom is 0.338 e. The molecule has 0 heterocycles. The summed E-state index contributed by atoms with van der Waals surface area (Å²) in [6, 6.07) is 4.25. The van der Waals surface area contributed by atoms with Crippen LogP contribution in [0.25, 0.3) is 0 Å². The van der Waals surface area contributed by atoms with Gasteiger partial charge in [-0.2, -0.15) is 0 Å². The van der Waals surface area contributed by atoms with Crippen LogP contribution < -0.4 is 0 Å². The van der Waals surface area contributed by atoms with E-state index < -0.39 is 11.8 Å². The van der Waals surface area contributed by atoms with Crippen molar-refractivity contribution in [3.63, 3.8) is 0 Å². The molecule has 1 aromatic rings. The second kappa shape index (κ2) is 6.35. The van der Waals surface area contributed by atoms with Gasteiger partial charge in [-0.3, -0.25) is 0 Å². The number of aromatic carboxylic acids is 1. The first-order valence-electron chi connectivity index (χ1n) is 5.75. The first-order chi connectivity index (χ1) is 8.04. The van der Waals surface area contributed by atoms with Gasteiger partial charge in [-0.15, -0.1) is 0 Å². The van der Waals surface area contributed by atoms with Crippen molar-refractivity contribution in [3.8, 4) is 0 Å². The second-order valence-corrected chi connectivity index (χ2v) is 4.21. The van der Waals surface area contributed by atoms with Crippen LogP contribution in [0.15, 0.2) is 18.2 Å². The molecule has 0 aliphatic heterocycles. The Morgan fingerprint density at radius 2 is 2.18 bits per heavy atom. The summed E-state index contributed by atoms with van der Waals surface area (Å²) in [5.74, 6) is -1.90. The molecule has 0 spiro atoms. The molecule has 0 aliphatic rings. The number of nitrogens with zero attached hydrogens (tertiary/aromatic N) is 1. The van der Waals surface area contributed by atoms with Gasteiger partial charge < -0.3 is 10.0 Å². The Bertz CT molecular complexity index is 393. The Hall–Kier alpha value is -1.42. The molecule has 0 atom stereocenters. The van der Waals surface area contributed by atoms with Crippen LogP contribution in [0.3, 0.4) is 0 Å². The van der Waals surface area contributed by atoms with E-state index in [2.05, 4.69) is 11.8 Å². The van der Waals surface area contributed by atoms with Gasteiger partial charge >= 0.3 is 5.97 Å². The Morgan fingerprint density at radius 1 is 1.47 bits per heavy atom. The summed E-state index contributed by atoms with van der Waals surface area (Å²) in [5, 5.41) is 8.81. The van der Waals surface area contributed by atoms with Gasteiger partial charge in [0.05, 0.1) is 5.56 Å². The van der Waals surface area contributed by atoms with Crippen molar-refractivity contribution in [3.05, 3.63) is 35.1 Å². The molecule has 1 rings (SSSR count). The zero-order chi connectivity index (χ0) is 12.8. The molecule has 1 N–H and O–H groups in total. The third kappa shape index (κ3) is 4.15. The fourth-order valence-electron chi connectivity index (χ4n) is 1.65. The lowest BCUT2D eigenvalue weighted by Gasteiger charge is -2.16. The highest BCUT2D eigenvalue weighted by molar-refractivity contribution is 5.88. The molecule has 0 amide bonds. The smallest absolute Gasteiger partial charge is 0.338 e. The minimum absolute atomic E-state index is 0.258. The van der Waals surface area contributed by atoms with Crippen molar-refractivity contribution < 1.29 is 14.3 Å². The highest BCUT2D eigenvalue weighted by atomic mass is 19.1. The van der Waals surface area contributed by atoms with Crippen LogP contribution in [0.2, 0.25) is 0 Å². The zero-order valence-electron chi connectivity index (χ0n) is 10.2. The monoisotopic (exact) mass is 239 g/mol. The van der Waals surface area contributed by atoms with Gasteiger partial charge in [0.2, 0.25) is 0 Å². The summed E-state index contributed by atoms with van der Waals surface area (Å²) in [7, 11) is 1.97. The Morgan fingerprint density at radius 3 is 2.76 bits per heavy atom. The maximum absolute atomic E-state index is 13.2. The van der Waals surface area contributed by atoms with Crippen molar-refractivity contribution in [2.24, 2.45) is 0 Å². The van der Waals surface area contributed by atoms with Crippen LogP contribution in [0.5, 0.6) is 0 Å². The van der Waals surface area contributed by atoms with Crippen molar-refractivity contribution >= 4 is 5.97 Å². The first-order valence-corrected chi connectivity index (χ1v) is 5.75. The van der Waals surface area contributed by atoms with Crippen molar-refractivity contribution in [2.75, 3.05) is 13.6 Å². The van der Waals surface area contributed by atoms with Gasteiger partial charge in [0, 0.05) is 6.54 Å². The molecule has 0 aliphatic carbocycles. The van der Waals surface area contributed by atoms with Crippen LogP contribution >= 0.6 is 0 Å². The van der Waals surface area contributed by atoms with E-state index >= 15 is 0 Å². The van der Waals surface area contributed by atoms with Gasteiger partial charge in [-0.05, 0) is 37.7 Å². The summed E-state index contributed by atoms with van der Waals surface area (Å²) >= 11 is 0. The van der Waals surface area contributed by atoms with Gasteiger partial charge in [-0.25, -0.2) is 9.18 Å². The predicted octanol–water partition coefficient (Wildman–Crippen LogP) is 2.76. The molecule has 4 heteroatoms. The number of benzene rings is 1. The molecule has 1 aromatic carbocycles. The zero-order valence-corrected chi connectivity index (χ0v) is 10.2. The summed E-state index contributed by atoms with van der Waals surface area (Å²) in [4.78, 5) is 12.9. The molecule has 17 heavy (non-hydrogen) atoms. The fraction of sp³-hybridized carbons (Fsp3) is 0.462. The third-order valence-corrected chi connectivity index (χ3v) is 2.61. The first kappa shape index (κ1) is 13.6. The summed E-state index contributed by atoms with van der Waals surface area (Å²) in [6.07, 6.45) is 2.22. The SMILES string of the molecule is CCCCN(C)Cc1ccc(F)c(C(=O)O)c1. The van der Waals surface area contributed by atoms with E-state index in [1.807, 2.05) is 7.05 Å². The van der Waals surface area contributed by atoms with Gasteiger partial charge in [0.1, 0.15) is 5.82 Å². The topological polar surface area (TPSA) is 40.5 Å². The van der Waals surface area contributed by atoms with Crippen molar-refractivity contribution in [1.29, 1.82) is 0 Å². The van der Waals surface area contributed by atoms with Crippen molar-refractivity contribution in [2.45, 2.75) is 26.3 Å². The molecule has 0 saturated carbocycles. The second-order valence-electron chi connectivity index (χ2n) is 4.21. The van der Waals surface area contributed by atoms with Gasteiger partial charge in [0.25, 0.3) is 0 Å². The highest BCUT2D eigenvalue weighted by Gasteiger charge is 2.11. The number of carbonyl (C=O) groups is 1. The summed E-state index contributed by atoms with van der Waals surface area (Å²) in [5.41, 5.74) is 0.564. The van der Waals surface area contributed by atoms with E-state index in [1.165, 1.54) is 12.1 Å². The van der Waals surface area contributed by atoms with E-state index in [0.29, 0.717) is 6.54 Å². The van der Waals surface area contributed by atoms with Gasteiger partial charge in [0.15, 0.2) is 0 Å². The lowest BCUT2D eigenvalue weighted by Crippen LogP contribution is -2.19. The summed E-state index contributed by atoms with van der Waals surface area (Å²) < 4.78 is 13.2. The van der Waals surface area contributed by atoms with E-state index in [-0.39, 0.29) is 5.56 Å². The van der Waals surface area contributed by atoms with E-state index in [1.54, 1.807) is 6.07 Å². The molecule has 94 valence electrons. The maximum atomic E-state index is 13.2. The molecular weight excluding hydrogens is 221 g/mol. The van der Waals surface area contributed by atoms with Crippen LogP contribution in [0.1, 0.15) is 35.7 Å². The number of halogens is 1. The van der Waals surface area contributed by atoms with E-state index in [0.717, 1.165) is 24.9 Å². The molecule has 0 bridgehead atoms. The number of rotatable bonds is 6.